The third-order valence-corrected chi connectivity index (χ3v) is 5.93. The molecule has 0 aromatic heterocycles. The molecule has 2 aliphatic rings. The van der Waals surface area contributed by atoms with Gasteiger partial charge in [-0.05, 0) is 36.2 Å². The minimum absolute atomic E-state index is 0.0970. The van der Waals surface area contributed by atoms with Crippen molar-refractivity contribution in [1.29, 1.82) is 0 Å². The molecule has 17 heavy (non-hydrogen) atoms. The van der Waals surface area contributed by atoms with Gasteiger partial charge in [0.25, 0.3) is 0 Å². The number of rotatable bonds is 2. The summed E-state index contributed by atoms with van der Waals surface area (Å²) in [5.41, 5.74) is 4.89. The summed E-state index contributed by atoms with van der Waals surface area (Å²) in [5, 5.41) is 9.84. The van der Waals surface area contributed by atoms with Crippen molar-refractivity contribution in [3.63, 3.8) is 0 Å². The van der Waals surface area contributed by atoms with Gasteiger partial charge in [-0.2, -0.15) is 0 Å². The van der Waals surface area contributed by atoms with Crippen molar-refractivity contribution in [1.82, 2.24) is 0 Å². The van der Waals surface area contributed by atoms with E-state index in [1.807, 2.05) is 6.08 Å². The molecule has 0 bridgehead atoms. The lowest BCUT2D eigenvalue weighted by Crippen LogP contribution is -2.21. The van der Waals surface area contributed by atoms with Gasteiger partial charge in [0.05, 0.1) is 6.10 Å². The largest absolute Gasteiger partial charge is 0.389 e. The Bertz CT molecular complexity index is 405. The van der Waals surface area contributed by atoms with Crippen LogP contribution in [0.3, 0.4) is 0 Å². The fraction of sp³-hybridized carbons (Fsp3) is 0.688. The van der Waals surface area contributed by atoms with Crippen molar-refractivity contribution in [2.45, 2.75) is 47.1 Å². The number of hydrogen-bond acceptors (Lipinski definition) is 1. The average Bonchev–Trinajstić information content (AvgIpc) is 2.46. The summed E-state index contributed by atoms with van der Waals surface area (Å²) >= 11 is 0. The van der Waals surface area contributed by atoms with E-state index in [2.05, 4.69) is 53.0 Å². The van der Waals surface area contributed by atoms with Crippen LogP contribution in [0.5, 0.6) is 0 Å². The van der Waals surface area contributed by atoms with Crippen LogP contribution in [-0.2, 0) is 0 Å². The van der Waals surface area contributed by atoms with Gasteiger partial charge in [0, 0.05) is 5.41 Å². The summed E-state index contributed by atoms with van der Waals surface area (Å²) in [4.78, 5) is 0. The van der Waals surface area contributed by atoms with E-state index in [0.29, 0.717) is 5.92 Å². The van der Waals surface area contributed by atoms with Crippen LogP contribution in [0.15, 0.2) is 30.0 Å². The standard InChI is InChI=1S/C16H24O/c1-7-8-16(14(3,4)15(16,5)6)13-10-12(17)9-11(13)2/h8-9,12-13,17H,1,10H2,2-6H3. The Balaban J connectivity index is 2.48. The third kappa shape index (κ3) is 1.25. The summed E-state index contributed by atoms with van der Waals surface area (Å²) in [7, 11) is 0. The average molecular weight is 232 g/mol. The molecule has 1 N–H and O–H groups in total. The smallest absolute Gasteiger partial charge is 0.0729 e. The molecule has 0 radical (unpaired) electrons. The molecule has 1 nitrogen and oxygen atoms in total. The highest BCUT2D eigenvalue weighted by molar-refractivity contribution is 5.38. The maximum absolute atomic E-state index is 9.84. The number of aliphatic hydroxyl groups excluding tert-OH is 1. The van der Waals surface area contributed by atoms with Gasteiger partial charge in [0.2, 0.25) is 0 Å². The van der Waals surface area contributed by atoms with Crippen LogP contribution >= 0.6 is 0 Å². The van der Waals surface area contributed by atoms with Crippen LogP contribution in [0.4, 0.5) is 0 Å². The normalized spacial score (nSPS) is 36.0. The first kappa shape index (κ1) is 12.7. The number of hydrogen-bond donors (Lipinski definition) is 1. The second-order valence-corrected chi connectivity index (χ2v) is 6.73. The Hall–Kier alpha value is -0.780. The molecule has 2 atom stereocenters. The second-order valence-electron chi connectivity index (χ2n) is 6.73. The van der Waals surface area contributed by atoms with Crippen LogP contribution in [0.1, 0.15) is 41.0 Å². The summed E-state index contributed by atoms with van der Waals surface area (Å²) in [6.45, 7) is 15.2. The van der Waals surface area contributed by atoms with Crippen LogP contribution < -0.4 is 0 Å². The highest BCUT2D eigenvalue weighted by Gasteiger charge is 2.78. The predicted octanol–water partition coefficient (Wildman–Crippen LogP) is 3.71. The zero-order valence-electron chi connectivity index (χ0n) is 11.7. The quantitative estimate of drug-likeness (QED) is 0.568. The van der Waals surface area contributed by atoms with Crippen LogP contribution in [0, 0.1) is 22.2 Å². The summed E-state index contributed by atoms with van der Waals surface area (Å²) in [6.07, 6.45) is 4.74. The molecule has 0 amide bonds. The maximum atomic E-state index is 9.84. The van der Waals surface area contributed by atoms with Crippen molar-refractivity contribution >= 4 is 0 Å². The molecular weight excluding hydrogens is 208 g/mol. The van der Waals surface area contributed by atoms with Crippen molar-refractivity contribution in [3.05, 3.63) is 30.0 Å². The van der Waals surface area contributed by atoms with Gasteiger partial charge in [-0.25, -0.2) is 0 Å². The lowest BCUT2D eigenvalue weighted by Gasteiger charge is -2.26. The fourth-order valence-corrected chi connectivity index (χ4v) is 4.35. The Morgan fingerprint density at radius 3 is 2.18 bits per heavy atom. The van der Waals surface area contributed by atoms with Gasteiger partial charge in [-0.15, -0.1) is 5.73 Å². The van der Waals surface area contributed by atoms with Crippen LogP contribution in [-0.4, -0.2) is 11.2 Å². The lowest BCUT2D eigenvalue weighted by molar-refractivity contribution is 0.186. The molecule has 1 heteroatoms. The number of allylic oxidation sites excluding steroid dienone is 2. The van der Waals surface area contributed by atoms with E-state index in [1.165, 1.54) is 5.57 Å². The van der Waals surface area contributed by atoms with E-state index in [1.54, 1.807) is 0 Å². The lowest BCUT2D eigenvalue weighted by atomic mass is 9.77. The van der Waals surface area contributed by atoms with Gasteiger partial charge in [0.15, 0.2) is 0 Å². The molecule has 2 unspecified atom stereocenters. The van der Waals surface area contributed by atoms with E-state index in [-0.39, 0.29) is 22.3 Å². The highest BCUT2D eigenvalue weighted by Crippen LogP contribution is 2.82. The Morgan fingerprint density at radius 1 is 1.35 bits per heavy atom. The van der Waals surface area contributed by atoms with Crippen molar-refractivity contribution in [3.8, 4) is 0 Å². The molecule has 0 spiro atoms. The van der Waals surface area contributed by atoms with Crippen molar-refractivity contribution < 1.29 is 5.11 Å². The first-order valence-electron chi connectivity index (χ1n) is 6.45. The second kappa shape index (κ2) is 3.37. The van der Waals surface area contributed by atoms with Gasteiger partial charge in [-0.3, -0.25) is 0 Å². The molecule has 0 heterocycles. The molecule has 2 rings (SSSR count). The SMILES string of the molecule is C=C=CC1(C2CC(O)C=C2C)C(C)(C)C1(C)C. The number of aliphatic hydroxyl groups is 1. The topological polar surface area (TPSA) is 20.2 Å². The Kier molecular flexibility index (Phi) is 2.51. The van der Waals surface area contributed by atoms with Gasteiger partial charge in [-0.1, -0.05) is 45.9 Å². The monoisotopic (exact) mass is 232 g/mol. The molecule has 0 saturated heterocycles. The van der Waals surface area contributed by atoms with E-state index in [4.69, 9.17) is 0 Å². The molecule has 1 saturated carbocycles. The van der Waals surface area contributed by atoms with Gasteiger partial charge >= 0.3 is 0 Å². The van der Waals surface area contributed by atoms with E-state index in [0.717, 1.165) is 6.42 Å². The van der Waals surface area contributed by atoms with E-state index in [9.17, 15) is 5.11 Å². The zero-order valence-corrected chi connectivity index (χ0v) is 11.7. The molecule has 2 aliphatic carbocycles. The predicted molar refractivity (Wildman–Crippen MR) is 71.6 cm³/mol. The van der Waals surface area contributed by atoms with Crippen LogP contribution in [0.2, 0.25) is 0 Å². The van der Waals surface area contributed by atoms with E-state index >= 15 is 0 Å². The van der Waals surface area contributed by atoms with Crippen molar-refractivity contribution in [2.75, 3.05) is 0 Å². The summed E-state index contributed by atoms with van der Waals surface area (Å²) in [5.74, 6) is 0.428. The fourth-order valence-electron chi connectivity index (χ4n) is 4.35. The maximum Gasteiger partial charge on any atom is 0.0729 e. The van der Waals surface area contributed by atoms with Crippen LogP contribution in [0.25, 0.3) is 0 Å². The van der Waals surface area contributed by atoms with Gasteiger partial charge in [0.1, 0.15) is 0 Å². The highest BCUT2D eigenvalue weighted by atomic mass is 16.3. The molecule has 94 valence electrons. The third-order valence-electron chi connectivity index (χ3n) is 5.93. The summed E-state index contributed by atoms with van der Waals surface area (Å²) < 4.78 is 0. The van der Waals surface area contributed by atoms with E-state index < -0.39 is 0 Å². The molecule has 1 fully saturated rings. The molecule has 0 aromatic rings. The first-order valence-corrected chi connectivity index (χ1v) is 6.45. The minimum atomic E-state index is -0.276. The Morgan fingerprint density at radius 2 is 1.88 bits per heavy atom. The zero-order chi connectivity index (χ0) is 13.1. The molecular formula is C16H24O. The minimum Gasteiger partial charge on any atom is -0.389 e. The van der Waals surface area contributed by atoms with Crippen molar-refractivity contribution in [2.24, 2.45) is 22.2 Å². The Labute approximate surface area is 105 Å². The molecule has 0 aliphatic heterocycles. The summed E-state index contributed by atoms with van der Waals surface area (Å²) in [6, 6.07) is 0. The molecule has 0 aromatic carbocycles. The first-order chi connectivity index (χ1) is 7.72. The van der Waals surface area contributed by atoms with Gasteiger partial charge < -0.3 is 5.11 Å².